The van der Waals surface area contributed by atoms with Gasteiger partial charge in [-0.25, -0.2) is 13.1 Å². The summed E-state index contributed by atoms with van der Waals surface area (Å²) in [5, 5.41) is 9.54. The molecule has 0 saturated carbocycles. The summed E-state index contributed by atoms with van der Waals surface area (Å²) in [6.07, 6.45) is 2.18. The molecule has 0 spiro atoms. The molecule has 1 aromatic rings. The van der Waals surface area contributed by atoms with Crippen LogP contribution in [-0.2, 0) is 26.0 Å². The maximum Gasteiger partial charge on any atom is 0.257 e. The van der Waals surface area contributed by atoms with Crippen LogP contribution in [0.1, 0.15) is 18.9 Å². The number of aromatic nitrogens is 2. The molecule has 3 N–H and O–H groups in total. The lowest BCUT2D eigenvalue weighted by Gasteiger charge is -2.25. The first-order chi connectivity index (χ1) is 10.0. The second kappa shape index (κ2) is 6.84. The average Bonchev–Trinajstić information content (AvgIpc) is 3.13. The Hall–Kier alpha value is -1.00. The summed E-state index contributed by atoms with van der Waals surface area (Å²) in [6, 6.07) is 0. The van der Waals surface area contributed by atoms with E-state index in [-0.39, 0.29) is 11.6 Å². The van der Waals surface area contributed by atoms with E-state index in [0.717, 1.165) is 6.54 Å². The lowest BCUT2D eigenvalue weighted by Crippen LogP contribution is -2.45. The summed E-state index contributed by atoms with van der Waals surface area (Å²) < 4.78 is 38.1. The molecule has 1 aliphatic rings. The third-order valence-electron chi connectivity index (χ3n) is 3.60. The van der Waals surface area contributed by atoms with Crippen LogP contribution in [-0.4, -0.2) is 57.6 Å². The molecule has 0 radical (unpaired) electrons. The topological polar surface area (TPSA) is 105 Å². The zero-order valence-electron chi connectivity index (χ0n) is 12.3. The Labute approximate surface area is 124 Å². The predicted molar refractivity (Wildman–Crippen MR) is 76.3 cm³/mol. The molecule has 1 aromatic heterocycles. The Morgan fingerprint density at radius 3 is 3.00 bits per heavy atom. The Bertz CT molecular complexity index is 551. The normalized spacial score (nSPS) is 22.8. The summed E-state index contributed by atoms with van der Waals surface area (Å²) in [4.78, 5) is 0. The Morgan fingerprint density at radius 2 is 2.38 bits per heavy atom. The van der Waals surface area contributed by atoms with E-state index in [9.17, 15) is 8.42 Å². The standard InChI is InChI=1S/C12H22N4O4S/c1-3-13-6-10-7-14-16-11(10)21(17,18)15-8-12(19-2)4-5-20-9-12/h7,13,15H,3-6,8-9H2,1-2H3,(H,14,16). The van der Waals surface area contributed by atoms with Crippen molar-refractivity contribution in [3.05, 3.63) is 11.8 Å². The first-order valence-corrected chi connectivity index (χ1v) is 8.37. The summed E-state index contributed by atoms with van der Waals surface area (Å²) in [7, 11) is -2.09. The van der Waals surface area contributed by atoms with Gasteiger partial charge in [-0.1, -0.05) is 6.92 Å². The van der Waals surface area contributed by atoms with Gasteiger partial charge in [-0.2, -0.15) is 5.10 Å². The summed E-state index contributed by atoms with van der Waals surface area (Å²) >= 11 is 0. The van der Waals surface area contributed by atoms with Crippen molar-refractivity contribution < 1.29 is 17.9 Å². The minimum absolute atomic E-state index is 0.0913. The third-order valence-corrected chi connectivity index (χ3v) is 5.01. The fourth-order valence-electron chi connectivity index (χ4n) is 2.18. The second-order valence-corrected chi connectivity index (χ2v) is 6.72. The lowest BCUT2D eigenvalue weighted by molar-refractivity contribution is -0.0120. The van der Waals surface area contributed by atoms with Crippen molar-refractivity contribution in [3.8, 4) is 0 Å². The Kier molecular flexibility index (Phi) is 5.33. The van der Waals surface area contributed by atoms with Crippen LogP contribution in [0.3, 0.4) is 0 Å². The van der Waals surface area contributed by atoms with Crippen molar-refractivity contribution in [2.45, 2.75) is 30.5 Å². The maximum atomic E-state index is 12.4. The van der Waals surface area contributed by atoms with Gasteiger partial charge >= 0.3 is 0 Å². The number of rotatable bonds is 8. The highest BCUT2D eigenvalue weighted by atomic mass is 32.2. The van der Waals surface area contributed by atoms with Gasteiger partial charge in [0.1, 0.15) is 5.60 Å². The fourth-order valence-corrected chi connectivity index (χ4v) is 3.42. The number of nitrogens with zero attached hydrogens (tertiary/aromatic N) is 1. The number of ether oxygens (including phenoxy) is 2. The van der Waals surface area contributed by atoms with Crippen LogP contribution in [0.5, 0.6) is 0 Å². The van der Waals surface area contributed by atoms with Gasteiger partial charge in [-0.15, -0.1) is 0 Å². The molecule has 0 amide bonds. The molecular formula is C12H22N4O4S. The number of nitrogens with one attached hydrogen (secondary N) is 3. The fraction of sp³-hybridized carbons (Fsp3) is 0.750. The number of sulfonamides is 1. The smallest absolute Gasteiger partial charge is 0.257 e. The van der Waals surface area contributed by atoms with Crippen LogP contribution in [0.15, 0.2) is 11.2 Å². The van der Waals surface area contributed by atoms with Crippen molar-refractivity contribution >= 4 is 10.0 Å². The van der Waals surface area contributed by atoms with Gasteiger partial charge < -0.3 is 14.8 Å². The molecule has 1 saturated heterocycles. The van der Waals surface area contributed by atoms with E-state index in [2.05, 4.69) is 20.2 Å². The first-order valence-electron chi connectivity index (χ1n) is 6.88. The minimum Gasteiger partial charge on any atom is -0.378 e. The van der Waals surface area contributed by atoms with Gasteiger partial charge in [0.15, 0.2) is 5.03 Å². The molecule has 0 aromatic carbocycles. The van der Waals surface area contributed by atoms with Gasteiger partial charge in [0, 0.05) is 38.8 Å². The average molecular weight is 318 g/mol. The monoisotopic (exact) mass is 318 g/mol. The lowest BCUT2D eigenvalue weighted by atomic mass is 10.0. The summed E-state index contributed by atoms with van der Waals surface area (Å²) in [5.41, 5.74) is 0.0213. The number of hydrogen-bond donors (Lipinski definition) is 3. The molecule has 9 heteroatoms. The first kappa shape index (κ1) is 16.4. The zero-order valence-corrected chi connectivity index (χ0v) is 13.1. The third kappa shape index (κ3) is 3.80. The van der Waals surface area contributed by atoms with Gasteiger partial charge in [0.25, 0.3) is 10.0 Å². The summed E-state index contributed by atoms with van der Waals surface area (Å²) in [5.74, 6) is 0. The molecule has 2 heterocycles. The molecule has 21 heavy (non-hydrogen) atoms. The minimum atomic E-state index is -3.66. The number of hydrogen-bond acceptors (Lipinski definition) is 6. The number of H-pyrrole nitrogens is 1. The largest absolute Gasteiger partial charge is 0.378 e. The van der Waals surface area contributed by atoms with E-state index >= 15 is 0 Å². The van der Waals surface area contributed by atoms with Gasteiger partial charge in [0.05, 0.1) is 12.8 Å². The highest BCUT2D eigenvalue weighted by Crippen LogP contribution is 2.22. The van der Waals surface area contributed by atoms with Gasteiger partial charge in [-0.3, -0.25) is 5.10 Å². The van der Waals surface area contributed by atoms with Crippen LogP contribution in [0, 0.1) is 0 Å². The molecule has 0 bridgehead atoms. The van der Waals surface area contributed by atoms with Crippen LogP contribution in [0.4, 0.5) is 0 Å². The van der Waals surface area contributed by atoms with E-state index in [1.807, 2.05) is 6.92 Å². The van der Waals surface area contributed by atoms with Crippen LogP contribution in [0.2, 0.25) is 0 Å². The molecule has 8 nitrogen and oxygen atoms in total. The maximum absolute atomic E-state index is 12.4. The predicted octanol–water partition coefficient (Wildman–Crippen LogP) is -0.397. The van der Waals surface area contributed by atoms with Crippen molar-refractivity contribution in [1.29, 1.82) is 0 Å². The molecule has 1 unspecified atom stereocenters. The van der Waals surface area contributed by atoms with E-state index in [0.29, 0.717) is 31.7 Å². The molecule has 1 aliphatic heterocycles. The highest BCUT2D eigenvalue weighted by Gasteiger charge is 2.36. The Morgan fingerprint density at radius 1 is 1.57 bits per heavy atom. The van der Waals surface area contributed by atoms with E-state index in [4.69, 9.17) is 9.47 Å². The zero-order chi connectivity index (χ0) is 15.3. The van der Waals surface area contributed by atoms with E-state index < -0.39 is 15.6 Å². The van der Waals surface area contributed by atoms with Crippen molar-refractivity contribution in [3.63, 3.8) is 0 Å². The van der Waals surface area contributed by atoms with Gasteiger partial charge in [-0.05, 0) is 6.54 Å². The van der Waals surface area contributed by atoms with Gasteiger partial charge in [0.2, 0.25) is 0 Å². The van der Waals surface area contributed by atoms with Crippen molar-refractivity contribution in [2.75, 3.05) is 33.4 Å². The second-order valence-electron chi connectivity index (χ2n) is 5.02. The molecular weight excluding hydrogens is 296 g/mol. The van der Waals surface area contributed by atoms with Crippen molar-refractivity contribution in [2.24, 2.45) is 0 Å². The molecule has 1 fully saturated rings. The molecule has 1 atom stereocenters. The van der Waals surface area contributed by atoms with Crippen LogP contribution < -0.4 is 10.0 Å². The highest BCUT2D eigenvalue weighted by molar-refractivity contribution is 7.89. The SMILES string of the molecule is CCNCc1cn[nH]c1S(=O)(=O)NCC1(OC)CCOC1. The quantitative estimate of drug-likeness (QED) is 0.602. The van der Waals surface area contributed by atoms with E-state index in [1.165, 1.54) is 6.20 Å². The number of aromatic amines is 1. The van der Waals surface area contributed by atoms with E-state index in [1.54, 1.807) is 7.11 Å². The molecule has 120 valence electrons. The van der Waals surface area contributed by atoms with Crippen molar-refractivity contribution in [1.82, 2.24) is 20.2 Å². The number of methoxy groups -OCH3 is 1. The molecule has 0 aliphatic carbocycles. The Balaban J connectivity index is 2.06. The molecule has 2 rings (SSSR count). The summed E-state index contributed by atoms with van der Waals surface area (Å²) in [6.45, 7) is 4.29. The van der Waals surface area contributed by atoms with Crippen LogP contribution >= 0.6 is 0 Å². The van der Waals surface area contributed by atoms with Crippen LogP contribution in [0.25, 0.3) is 0 Å².